The van der Waals surface area contributed by atoms with Gasteiger partial charge in [0.15, 0.2) is 0 Å². The monoisotopic (exact) mass is 272 g/mol. The average Bonchev–Trinajstić information content (AvgIpc) is 2.37. The third-order valence-electron chi connectivity index (χ3n) is 5.29. The maximum Gasteiger partial charge on any atom is 0.0227 e. The lowest BCUT2D eigenvalue weighted by Crippen LogP contribution is -2.58. The van der Waals surface area contributed by atoms with E-state index in [0.29, 0.717) is 18.1 Å². The van der Waals surface area contributed by atoms with Gasteiger partial charge in [0.25, 0.3) is 0 Å². The summed E-state index contributed by atoms with van der Waals surface area (Å²) in [5.41, 5.74) is 6.82. The molecule has 1 saturated heterocycles. The highest BCUT2D eigenvalue weighted by Crippen LogP contribution is 2.39. The highest BCUT2D eigenvalue weighted by molar-refractivity contribution is 5.31. The third kappa shape index (κ3) is 2.77. The highest BCUT2D eigenvalue weighted by atomic mass is 15.5. The second-order valence-corrected chi connectivity index (χ2v) is 6.89. The summed E-state index contributed by atoms with van der Waals surface area (Å²) in [6, 6.07) is 10.9. The molecule has 1 aliphatic carbocycles. The molecule has 2 atom stereocenters. The van der Waals surface area contributed by atoms with Gasteiger partial charge in [-0.05, 0) is 63.5 Å². The minimum Gasteiger partial charge on any atom is -0.252 e. The summed E-state index contributed by atoms with van der Waals surface area (Å²) in [6.07, 6.45) is 6.65. The van der Waals surface area contributed by atoms with Gasteiger partial charge < -0.3 is 0 Å². The molecule has 1 aromatic carbocycles. The summed E-state index contributed by atoms with van der Waals surface area (Å²) in [7, 11) is 0. The van der Waals surface area contributed by atoms with Crippen molar-refractivity contribution >= 4 is 0 Å². The Balaban J connectivity index is 1.54. The number of hydrogen-bond donors (Lipinski definition) is 1. The molecule has 2 heteroatoms. The van der Waals surface area contributed by atoms with E-state index in [2.05, 4.69) is 55.5 Å². The topological polar surface area (TPSA) is 15.3 Å². The molecule has 2 fully saturated rings. The molecule has 0 spiro atoms. The lowest BCUT2D eigenvalue weighted by molar-refractivity contribution is 0.0106. The standard InChI is InChI=1S/C18H28N2/c1-13-7-4-5-10-18(13)16-11-17(12-16)19-20-14(2)8-6-9-15(20)3/h4-5,7,10,14-17,19H,6,8-9,11-12H2,1-3H3. The third-order valence-corrected chi connectivity index (χ3v) is 5.29. The lowest BCUT2D eigenvalue weighted by atomic mass is 9.75. The highest BCUT2D eigenvalue weighted by Gasteiger charge is 2.34. The van der Waals surface area contributed by atoms with Gasteiger partial charge in [-0.1, -0.05) is 30.7 Å². The summed E-state index contributed by atoms with van der Waals surface area (Å²) >= 11 is 0. The van der Waals surface area contributed by atoms with Crippen LogP contribution in [0.3, 0.4) is 0 Å². The Kier molecular flexibility index (Phi) is 4.13. The SMILES string of the molecule is Cc1ccccc1C1CC(NN2C(C)CCCC2C)C1. The van der Waals surface area contributed by atoms with E-state index >= 15 is 0 Å². The number of nitrogens with one attached hydrogen (secondary N) is 1. The number of nitrogens with zero attached hydrogens (tertiary/aromatic N) is 1. The minimum atomic E-state index is 0.683. The predicted octanol–water partition coefficient (Wildman–Crippen LogP) is 4.01. The molecule has 20 heavy (non-hydrogen) atoms. The smallest absolute Gasteiger partial charge is 0.0227 e. The first-order valence-electron chi connectivity index (χ1n) is 8.25. The largest absolute Gasteiger partial charge is 0.252 e. The zero-order chi connectivity index (χ0) is 14.1. The number of piperidine rings is 1. The van der Waals surface area contributed by atoms with Crippen LogP contribution < -0.4 is 5.43 Å². The second kappa shape index (κ2) is 5.87. The van der Waals surface area contributed by atoms with Crippen LogP contribution in [0.4, 0.5) is 0 Å². The fourth-order valence-corrected chi connectivity index (χ4v) is 3.91. The average molecular weight is 272 g/mol. The van der Waals surface area contributed by atoms with Gasteiger partial charge in [-0.3, -0.25) is 5.43 Å². The Morgan fingerprint density at radius 2 is 1.70 bits per heavy atom. The van der Waals surface area contributed by atoms with Crippen LogP contribution in [-0.4, -0.2) is 23.1 Å². The molecule has 1 saturated carbocycles. The molecule has 1 N–H and O–H groups in total. The Hall–Kier alpha value is -0.860. The molecule has 2 unspecified atom stereocenters. The lowest BCUT2D eigenvalue weighted by Gasteiger charge is -2.46. The Labute approximate surface area is 123 Å². The van der Waals surface area contributed by atoms with E-state index in [-0.39, 0.29) is 0 Å². The van der Waals surface area contributed by atoms with Crippen molar-refractivity contribution in [1.82, 2.24) is 10.4 Å². The maximum absolute atomic E-state index is 3.81. The van der Waals surface area contributed by atoms with Crippen molar-refractivity contribution in [2.75, 3.05) is 0 Å². The van der Waals surface area contributed by atoms with Crippen molar-refractivity contribution in [2.45, 2.75) is 76.9 Å². The van der Waals surface area contributed by atoms with Crippen LogP contribution in [0.15, 0.2) is 24.3 Å². The molecule has 110 valence electrons. The molecule has 0 radical (unpaired) electrons. The van der Waals surface area contributed by atoms with Crippen molar-refractivity contribution in [2.24, 2.45) is 0 Å². The van der Waals surface area contributed by atoms with Crippen LogP contribution in [0.5, 0.6) is 0 Å². The normalized spacial score (nSPS) is 34.8. The molecular weight excluding hydrogens is 244 g/mol. The van der Waals surface area contributed by atoms with Crippen LogP contribution in [0.25, 0.3) is 0 Å². The summed E-state index contributed by atoms with van der Waals surface area (Å²) < 4.78 is 0. The van der Waals surface area contributed by atoms with Crippen molar-refractivity contribution in [3.05, 3.63) is 35.4 Å². The molecule has 2 aliphatic rings. The van der Waals surface area contributed by atoms with E-state index in [0.717, 1.165) is 5.92 Å². The minimum absolute atomic E-state index is 0.683. The van der Waals surface area contributed by atoms with E-state index in [1.165, 1.54) is 37.7 Å². The molecule has 0 amide bonds. The van der Waals surface area contributed by atoms with E-state index in [4.69, 9.17) is 0 Å². The first-order valence-corrected chi connectivity index (χ1v) is 8.25. The number of aryl methyl sites for hydroxylation is 1. The number of hydrogen-bond acceptors (Lipinski definition) is 2. The van der Waals surface area contributed by atoms with Crippen LogP contribution in [0.1, 0.15) is 63.0 Å². The fraction of sp³-hybridized carbons (Fsp3) is 0.667. The fourth-order valence-electron chi connectivity index (χ4n) is 3.91. The van der Waals surface area contributed by atoms with Gasteiger partial charge in [-0.25, -0.2) is 5.01 Å². The van der Waals surface area contributed by atoms with Gasteiger partial charge in [-0.15, -0.1) is 0 Å². The van der Waals surface area contributed by atoms with E-state index in [1.807, 2.05) is 0 Å². The molecular formula is C18H28N2. The molecule has 1 heterocycles. The summed E-state index contributed by atoms with van der Waals surface area (Å²) in [6.45, 7) is 6.96. The number of hydrazine groups is 1. The van der Waals surface area contributed by atoms with Gasteiger partial charge in [0.1, 0.15) is 0 Å². The predicted molar refractivity (Wildman–Crippen MR) is 84.7 cm³/mol. The quantitative estimate of drug-likeness (QED) is 0.894. The summed E-state index contributed by atoms with van der Waals surface area (Å²) in [5, 5.41) is 2.53. The van der Waals surface area contributed by atoms with Crippen molar-refractivity contribution in [1.29, 1.82) is 0 Å². The molecule has 0 bridgehead atoms. The summed E-state index contributed by atoms with van der Waals surface area (Å²) in [5.74, 6) is 0.768. The van der Waals surface area contributed by atoms with Crippen LogP contribution >= 0.6 is 0 Å². The zero-order valence-corrected chi connectivity index (χ0v) is 13.1. The van der Waals surface area contributed by atoms with E-state index in [9.17, 15) is 0 Å². The molecule has 3 rings (SSSR count). The molecule has 1 aliphatic heterocycles. The van der Waals surface area contributed by atoms with Crippen molar-refractivity contribution in [3.63, 3.8) is 0 Å². The molecule has 2 nitrogen and oxygen atoms in total. The van der Waals surface area contributed by atoms with Gasteiger partial charge in [0, 0.05) is 18.1 Å². The Bertz CT molecular complexity index is 440. The van der Waals surface area contributed by atoms with Gasteiger partial charge in [-0.2, -0.15) is 0 Å². The number of benzene rings is 1. The van der Waals surface area contributed by atoms with Crippen molar-refractivity contribution < 1.29 is 0 Å². The van der Waals surface area contributed by atoms with Crippen LogP contribution in [0.2, 0.25) is 0 Å². The van der Waals surface area contributed by atoms with E-state index in [1.54, 1.807) is 5.56 Å². The maximum atomic E-state index is 3.81. The first-order chi connectivity index (χ1) is 9.65. The van der Waals surface area contributed by atoms with Gasteiger partial charge in [0.05, 0.1) is 0 Å². The Morgan fingerprint density at radius 3 is 2.35 bits per heavy atom. The zero-order valence-electron chi connectivity index (χ0n) is 13.1. The van der Waals surface area contributed by atoms with Gasteiger partial charge in [0.2, 0.25) is 0 Å². The second-order valence-electron chi connectivity index (χ2n) is 6.89. The molecule has 1 aromatic rings. The van der Waals surface area contributed by atoms with Gasteiger partial charge >= 0.3 is 0 Å². The van der Waals surface area contributed by atoms with Crippen LogP contribution in [-0.2, 0) is 0 Å². The number of rotatable bonds is 3. The van der Waals surface area contributed by atoms with Crippen LogP contribution in [0, 0.1) is 6.92 Å². The summed E-state index contributed by atoms with van der Waals surface area (Å²) in [4.78, 5) is 0. The Morgan fingerprint density at radius 1 is 1.05 bits per heavy atom. The van der Waals surface area contributed by atoms with E-state index < -0.39 is 0 Å². The first kappa shape index (κ1) is 14.1. The van der Waals surface area contributed by atoms with Crippen molar-refractivity contribution in [3.8, 4) is 0 Å². The molecule has 0 aromatic heterocycles.